The lowest BCUT2D eigenvalue weighted by Gasteiger charge is -2.15. The monoisotopic (exact) mass is 352 g/mol. The third-order valence-corrected chi connectivity index (χ3v) is 3.87. The number of benzene rings is 2. The maximum Gasteiger partial charge on any atom is 0.573 e. The van der Waals surface area contributed by atoms with Crippen molar-refractivity contribution in [2.75, 3.05) is 0 Å². The van der Waals surface area contributed by atoms with Gasteiger partial charge in [-0.05, 0) is 48.1 Å². The van der Waals surface area contributed by atoms with Gasteiger partial charge < -0.3 is 9.84 Å². The van der Waals surface area contributed by atoms with E-state index in [1.54, 1.807) is 24.3 Å². The molecule has 3 nitrogen and oxygen atoms in total. The van der Waals surface area contributed by atoms with Gasteiger partial charge in [0, 0.05) is 0 Å². The van der Waals surface area contributed by atoms with Gasteiger partial charge in [0.2, 0.25) is 0 Å². The van der Waals surface area contributed by atoms with Crippen molar-refractivity contribution in [3.8, 4) is 5.75 Å². The van der Waals surface area contributed by atoms with Crippen LogP contribution in [0.4, 0.5) is 13.2 Å². The average Bonchev–Trinajstić information content (AvgIpc) is 2.53. The fourth-order valence-electron chi connectivity index (χ4n) is 2.82. The first-order valence-electron chi connectivity index (χ1n) is 7.99. The number of alkyl halides is 3. The number of aromatic carboxylic acids is 1. The molecule has 0 bridgehead atoms. The highest BCUT2D eigenvalue weighted by atomic mass is 19.4. The highest BCUT2D eigenvalue weighted by Gasteiger charge is 2.31. The van der Waals surface area contributed by atoms with Gasteiger partial charge in [-0.3, -0.25) is 0 Å². The Hall–Kier alpha value is -2.50. The first kappa shape index (κ1) is 18.8. The van der Waals surface area contributed by atoms with E-state index >= 15 is 0 Å². The number of halogens is 3. The van der Waals surface area contributed by atoms with E-state index in [-0.39, 0.29) is 11.3 Å². The lowest BCUT2D eigenvalue weighted by molar-refractivity contribution is -0.274. The predicted octanol–water partition coefficient (Wildman–Crippen LogP) is 5.02. The molecule has 134 valence electrons. The molecule has 0 heterocycles. The smallest absolute Gasteiger partial charge is 0.478 e. The number of hydrogen-bond acceptors (Lipinski definition) is 2. The van der Waals surface area contributed by atoms with Gasteiger partial charge in [-0.1, -0.05) is 43.7 Å². The molecular weight excluding hydrogens is 333 g/mol. The van der Waals surface area contributed by atoms with Gasteiger partial charge >= 0.3 is 12.3 Å². The minimum atomic E-state index is -4.74. The van der Waals surface area contributed by atoms with Crippen LogP contribution in [0.1, 0.15) is 40.4 Å². The predicted molar refractivity (Wildman–Crippen MR) is 87.9 cm³/mol. The molecule has 0 aliphatic rings. The number of aryl methyl sites for hydroxylation is 2. The number of rotatable bonds is 7. The Morgan fingerprint density at radius 3 is 2.28 bits per heavy atom. The Morgan fingerprint density at radius 1 is 1.00 bits per heavy atom. The first-order chi connectivity index (χ1) is 11.8. The van der Waals surface area contributed by atoms with E-state index in [1.165, 1.54) is 12.1 Å². The summed E-state index contributed by atoms with van der Waals surface area (Å²) >= 11 is 0. The molecule has 0 unspecified atom stereocenters. The number of ether oxygens (including phenoxy) is 1. The van der Waals surface area contributed by atoms with Crippen molar-refractivity contribution in [1.82, 2.24) is 0 Å². The third-order valence-electron chi connectivity index (χ3n) is 3.87. The first-order valence-corrected chi connectivity index (χ1v) is 7.99. The molecule has 0 aliphatic heterocycles. The van der Waals surface area contributed by atoms with Crippen molar-refractivity contribution >= 4 is 5.97 Å². The van der Waals surface area contributed by atoms with Crippen molar-refractivity contribution in [1.29, 1.82) is 0 Å². The van der Waals surface area contributed by atoms with Crippen molar-refractivity contribution in [3.05, 3.63) is 64.7 Å². The minimum absolute atomic E-state index is 0.221. The maximum atomic E-state index is 12.5. The molecular formula is C19H19F3O3. The number of carboxylic acid groups (broad SMARTS) is 1. The zero-order valence-electron chi connectivity index (χ0n) is 13.8. The summed E-state index contributed by atoms with van der Waals surface area (Å²) in [5.74, 6) is -1.22. The van der Waals surface area contributed by atoms with E-state index in [0.717, 1.165) is 17.5 Å². The lowest BCUT2D eigenvalue weighted by Crippen LogP contribution is -2.18. The van der Waals surface area contributed by atoms with Crippen molar-refractivity contribution in [2.45, 2.75) is 39.0 Å². The van der Waals surface area contributed by atoms with Crippen LogP contribution in [0.5, 0.6) is 5.75 Å². The highest BCUT2D eigenvalue weighted by Crippen LogP contribution is 2.28. The number of carboxylic acids is 1. The molecule has 0 spiro atoms. The standard InChI is InChI=1S/C19H19F3O3/c1-2-6-15-13(8-5-9-16(15)18(23)24)11-12-14-7-3-4-10-17(14)25-19(20,21)22/h3-5,7-10H,2,6,11-12H2,1H3,(H,23,24). The normalized spacial score (nSPS) is 11.4. The van der Waals surface area contributed by atoms with E-state index < -0.39 is 12.3 Å². The van der Waals surface area contributed by atoms with Gasteiger partial charge in [-0.15, -0.1) is 13.2 Å². The Balaban J connectivity index is 2.25. The Morgan fingerprint density at radius 2 is 1.64 bits per heavy atom. The van der Waals surface area contributed by atoms with Gasteiger partial charge in [-0.2, -0.15) is 0 Å². The van der Waals surface area contributed by atoms with Crippen molar-refractivity contribution in [3.63, 3.8) is 0 Å². The van der Waals surface area contributed by atoms with E-state index in [9.17, 15) is 23.1 Å². The van der Waals surface area contributed by atoms with Gasteiger partial charge in [0.05, 0.1) is 5.56 Å². The summed E-state index contributed by atoms with van der Waals surface area (Å²) in [6.45, 7) is 1.95. The summed E-state index contributed by atoms with van der Waals surface area (Å²) in [4.78, 5) is 11.4. The summed E-state index contributed by atoms with van der Waals surface area (Å²) < 4.78 is 41.6. The molecule has 25 heavy (non-hydrogen) atoms. The second kappa shape index (κ2) is 8.05. The zero-order valence-corrected chi connectivity index (χ0v) is 13.8. The molecule has 0 fully saturated rings. The van der Waals surface area contributed by atoms with Crippen LogP contribution in [0.3, 0.4) is 0 Å². The molecule has 0 atom stereocenters. The molecule has 0 radical (unpaired) electrons. The molecule has 2 rings (SSSR count). The van der Waals surface area contributed by atoms with Crippen molar-refractivity contribution in [2.24, 2.45) is 0 Å². The Labute approximate surface area is 144 Å². The molecule has 0 aliphatic carbocycles. The average molecular weight is 352 g/mol. The van der Waals surface area contributed by atoms with Crippen LogP contribution in [0, 0.1) is 0 Å². The SMILES string of the molecule is CCCc1c(CCc2ccccc2OC(F)(F)F)cccc1C(=O)O. The summed E-state index contributed by atoms with van der Waals surface area (Å²) in [6.07, 6.45) is -2.59. The summed E-state index contributed by atoms with van der Waals surface area (Å²) in [6, 6.07) is 11.0. The van der Waals surface area contributed by atoms with Crippen LogP contribution in [0.2, 0.25) is 0 Å². The fourth-order valence-corrected chi connectivity index (χ4v) is 2.82. The van der Waals surface area contributed by atoms with E-state index in [4.69, 9.17) is 0 Å². The van der Waals surface area contributed by atoms with Gasteiger partial charge in [0.25, 0.3) is 0 Å². The zero-order chi connectivity index (χ0) is 18.4. The summed E-state index contributed by atoms with van der Waals surface area (Å²) in [5, 5.41) is 9.33. The molecule has 0 aromatic heterocycles. The lowest BCUT2D eigenvalue weighted by atomic mass is 9.93. The second-order valence-electron chi connectivity index (χ2n) is 5.65. The fraction of sp³-hybridized carbons (Fsp3) is 0.316. The van der Waals surface area contributed by atoms with Crippen LogP contribution in [0.15, 0.2) is 42.5 Å². The molecule has 1 N–H and O–H groups in total. The Bertz CT molecular complexity index is 739. The molecule has 2 aromatic carbocycles. The van der Waals surface area contributed by atoms with E-state index in [1.807, 2.05) is 13.0 Å². The van der Waals surface area contributed by atoms with Crippen LogP contribution in [0.25, 0.3) is 0 Å². The maximum absolute atomic E-state index is 12.5. The third kappa shape index (κ3) is 5.24. The van der Waals surface area contributed by atoms with Crippen LogP contribution in [-0.4, -0.2) is 17.4 Å². The summed E-state index contributed by atoms with van der Waals surface area (Å²) in [7, 11) is 0. The topological polar surface area (TPSA) is 46.5 Å². The van der Waals surface area contributed by atoms with Gasteiger partial charge in [-0.25, -0.2) is 4.79 Å². The summed E-state index contributed by atoms with van der Waals surface area (Å²) in [5.41, 5.74) is 2.26. The van der Waals surface area contributed by atoms with E-state index in [0.29, 0.717) is 24.8 Å². The Kier molecular flexibility index (Phi) is 6.07. The van der Waals surface area contributed by atoms with Crippen LogP contribution in [-0.2, 0) is 19.3 Å². The molecule has 2 aromatic rings. The van der Waals surface area contributed by atoms with Crippen molar-refractivity contribution < 1.29 is 27.8 Å². The number of para-hydroxylation sites is 1. The second-order valence-corrected chi connectivity index (χ2v) is 5.65. The molecule has 6 heteroatoms. The quantitative estimate of drug-likeness (QED) is 0.761. The molecule has 0 saturated carbocycles. The minimum Gasteiger partial charge on any atom is -0.478 e. The van der Waals surface area contributed by atoms with Crippen LogP contribution < -0.4 is 4.74 Å². The molecule has 0 saturated heterocycles. The van der Waals surface area contributed by atoms with Crippen LogP contribution >= 0.6 is 0 Å². The van der Waals surface area contributed by atoms with E-state index in [2.05, 4.69) is 4.74 Å². The molecule has 0 amide bonds. The number of hydrogen-bond donors (Lipinski definition) is 1. The van der Waals surface area contributed by atoms with Gasteiger partial charge in [0.15, 0.2) is 0 Å². The largest absolute Gasteiger partial charge is 0.573 e. The van der Waals surface area contributed by atoms with Gasteiger partial charge in [0.1, 0.15) is 5.75 Å². The highest BCUT2D eigenvalue weighted by molar-refractivity contribution is 5.89. The number of carbonyl (C=O) groups is 1.